The maximum Gasteiger partial charge on any atom is 0.459 e. The van der Waals surface area contributed by atoms with E-state index in [9.17, 15) is 14.5 Å². The fourth-order valence-electron chi connectivity index (χ4n) is 5.31. The third-order valence-electron chi connectivity index (χ3n) is 7.61. The third kappa shape index (κ3) is 7.34. The van der Waals surface area contributed by atoms with Crippen LogP contribution in [0.25, 0.3) is 11.2 Å². The molecular weight excluding hydrogens is 632 g/mol. The number of hydrogen-bond acceptors (Lipinski definition) is 12. The van der Waals surface area contributed by atoms with E-state index in [0.29, 0.717) is 11.3 Å². The number of para-hydroxylation sites is 1. The van der Waals surface area contributed by atoms with Crippen LogP contribution in [0.15, 0.2) is 36.7 Å². The molecule has 1 unspecified atom stereocenters. The Morgan fingerprint density at radius 2 is 1.98 bits per heavy atom. The first-order chi connectivity index (χ1) is 21.4. The van der Waals surface area contributed by atoms with Gasteiger partial charge in [-0.3, -0.25) is 13.9 Å². The minimum absolute atomic E-state index is 0.0548. The maximum absolute atomic E-state index is 15.9. The van der Waals surface area contributed by atoms with Gasteiger partial charge in [-0.1, -0.05) is 31.0 Å². The predicted molar refractivity (Wildman–Crippen MR) is 165 cm³/mol. The Kier molecular flexibility index (Phi) is 10.2. The molecular formula is C28H38ClFN7O7P. The van der Waals surface area contributed by atoms with Crippen LogP contribution in [0.2, 0.25) is 0 Å². The van der Waals surface area contributed by atoms with E-state index in [1.165, 1.54) is 30.0 Å². The number of imidazole rings is 1. The van der Waals surface area contributed by atoms with E-state index in [0.717, 1.165) is 25.7 Å². The molecule has 1 saturated heterocycles. The zero-order valence-corrected chi connectivity index (χ0v) is 26.8. The second kappa shape index (κ2) is 13.7. The van der Waals surface area contributed by atoms with Crippen LogP contribution < -0.4 is 20.7 Å². The highest BCUT2D eigenvalue weighted by molar-refractivity contribution is 7.52. The number of nitrogens with one attached hydrogen (secondary N) is 2. The predicted octanol–water partition coefficient (Wildman–Crippen LogP) is 4.10. The summed E-state index contributed by atoms with van der Waals surface area (Å²) in [6.07, 6.45) is -0.296. The Morgan fingerprint density at radius 3 is 2.64 bits per heavy atom. The van der Waals surface area contributed by atoms with Gasteiger partial charge in [-0.15, -0.1) is 11.6 Å². The van der Waals surface area contributed by atoms with Crippen molar-refractivity contribution >= 4 is 48.2 Å². The fourth-order valence-corrected chi connectivity index (χ4v) is 7.16. The summed E-state index contributed by atoms with van der Waals surface area (Å²) in [6.45, 7) is 4.08. The van der Waals surface area contributed by atoms with E-state index in [1.807, 2.05) is 0 Å². The molecule has 6 atom stereocenters. The number of rotatable bonds is 13. The topological polar surface area (TPSA) is 185 Å². The number of aromatic nitrogens is 4. The molecule has 1 aliphatic heterocycles. The molecule has 1 aliphatic carbocycles. The second-order valence-electron chi connectivity index (χ2n) is 11.5. The molecule has 1 aromatic carbocycles. The van der Waals surface area contributed by atoms with E-state index < -0.39 is 62.5 Å². The Balaban J connectivity index is 1.39. The smallest absolute Gasteiger partial charge is 0.459 e. The van der Waals surface area contributed by atoms with Crippen molar-refractivity contribution in [1.29, 1.82) is 0 Å². The lowest BCUT2D eigenvalue weighted by Gasteiger charge is -2.31. The van der Waals surface area contributed by atoms with Crippen molar-refractivity contribution in [3.05, 3.63) is 36.7 Å². The van der Waals surface area contributed by atoms with Gasteiger partial charge in [0.2, 0.25) is 5.95 Å². The number of nitrogens with zero attached hydrogens (tertiary/aromatic N) is 4. The number of halogens is 2. The number of anilines is 2. The van der Waals surface area contributed by atoms with Crippen molar-refractivity contribution in [3.8, 4) is 5.75 Å². The molecule has 0 amide bonds. The summed E-state index contributed by atoms with van der Waals surface area (Å²) in [4.78, 5) is 25.5. The highest BCUT2D eigenvalue weighted by Gasteiger charge is 2.57. The Hall–Kier alpha value is -3.07. The number of benzene rings is 1. The Bertz CT molecular complexity index is 1530. The summed E-state index contributed by atoms with van der Waals surface area (Å²) in [5.74, 6) is -0.635. The first-order valence-electron chi connectivity index (χ1n) is 14.7. The van der Waals surface area contributed by atoms with Crippen molar-refractivity contribution in [2.24, 2.45) is 0 Å². The minimum Gasteiger partial charge on any atom is -0.462 e. The summed E-state index contributed by atoms with van der Waals surface area (Å²) in [7, 11) is -4.38. The summed E-state index contributed by atoms with van der Waals surface area (Å²) < 4.78 is 53.8. The number of nitrogens with two attached hydrogens (primary N) is 1. The molecule has 2 aliphatic rings. The molecule has 2 aromatic heterocycles. The molecule has 17 heteroatoms. The van der Waals surface area contributed by atoms with Crippen LogP contribution in [0.3, 0.4) is 0 Å². The van der Waals surface area contributed by atoms with Crippen LogP contribution in [-0.4, -0.2) is 79.1 Å². The van der Waals surface area contributed by atoms with Gasteiger partial charge in [0.1, 0.15) is 23.5 Å². The fraction of sp³-hybridized carbons (Fsp3) is 0.571. The van der Waals surface area contributed by atoms with E-state index in [1.54, 1.807) is 32.0 Å². The highest BCUT2D eigenvalue weighted by Crippen LogP contribution is 2.49. The van der Waals surface area contributed by atoms with Crippen molar-refractivity contribution < 1.29 is 37.4 Å². The molecule has 45 heavy (non-hydrogen) atoms. The van der Waals surface area contributed by atoms with E-state index in [4.69, 9.17) is 35.9 Å². The van der Waals surface area contributed by atoms with Crippen LogP contribution in [0.5, 0.6) is 5.75 Å². The first-order valence-corrected chi connectivity index (χ1v) is 16.8. The van der Waals surface area contributed by atoms with E-state index in [2.05, 4.69) is 25.4 Å². The molecule has 1 saturated carbocycles. The largest absolute Gasteiger partial charge is 0.462 e. The number of aliphatic hydroxyl groups is 1. The lowest BCUT2D eigenvalue weighted by Crippen LogP contribution is -2.48. The van der Waals surface area contributed by atoms with Gasteiger partial charge < -0.3 is 30.2 Å². The number of aliphatic hydroxyl groups excluding tert-OH is 1. The van der Waals surface area contributed by atoms with Gasteiger partial charge in [-0.25, -0.2) is 13.9 Å². The summed E-state index contributed by atoms with van der Waals surface area (Å²) >= 11 is 6.28. The number of carbonyl (C=O) groups is 1. The lowest BCUT2D eigenvalue weighted by atomic mass is 9.99. The SMILES string of the molecule is CC(C)OC(=O)[C@H](C)NP(=O)(OC[C@@]1(CCl)O[C@@H](n2cnc3c(NC4CCCC4)nc(N)nc32)[C@H](F)[C@@H]1O)Oc1ccccc1. The Morgan fingerprint density at radius 1 is 1.27 bits per heavy atom. The highest BCUT2D eigenvalue weighted by atomic mass is 35.5. The summed E-state index contributed by atoms with van der Waals surface area (Å²) in [6, 6.07) is 7.18. The van der Waals surface area contributed by atoms with E-state index in [-0.39, 0.29) is 23.4 Å². The van der Waals surface area contributed by atoms with Gasteiger partial charge >= 0.3 is 13.7 Å². The molecule has 2 fully saturated rings. The number of fused-ring (bicyclic) bond motifs is 1. The quantitative estimate of drug-likeness (QED) is 0.116. The van der Waals surface area contributed by atoms with Gasteiger partial charge in [-0.2, -0.15) is 15.1 Å². The van der Waals surface area contributed by atoms with Crippen molar-refractivity contribution in [1.82, 2.24) is 24.6 Å². The summed E-state index contributed by atoms with van der Waals surface area (Å²) in [5.41, 5.74) is 4.64. The van der Waals surface area contributed by atoms with Crippen molar-refractivity contribution in [3.63, 3.8) is 0 Å². The van der Waals surface area contributed by atoms with Crippen LogP contribution in [0.1, 0.15) is 52.7 Å². The molecule has 5 rings (SSSR count). The molecule has 14 nitrogen and oxygen atoms in total. The number of ether oxygens (including phenoxy) is 2. The number of hydrogen-bond donors (Lipinski definition) is 4. The van der Waals surface area contributed by atoms with Crippen LogP contribution in [-0.2, 0) is 23.4 Å². The minimum atomic E-state index is -4.38. The lowest BCUT2D eigenvalue weighted by molar-refractivity contribution is -0.149. The van der Waals surface area contributed by atoms with Gasteiger partial charge in [0, 0.05) is 6.04 Å². The van der Waals surface area contributed by atoms with Gasteiger partial charge in [-0.05, 0) is 45.7 Å². The number of nitrogen functional groups attached to an aromatic ring is 1. The molecule has 246 valence electrons. The zero-order valence-electron chi connectivity index (χ0n) is 25.1. The first kappa shape index (κ1) is 33.3. The average Bonchev–Trinajstić information content (AvgIpc) is 3.72. The van der Waals surface area contributed by atoms with Gasteiger partial charge in [0.25, 0.3) is 0 Å². The van der Waals surface area contributed by atoms with Crippen molar-refractivity contribution in [2.75, 3.05) is 23.5 Å². The third-order valence-corrected chi connectivity index (χ3v) is 9.68. The summed E-state index contributed by atoms with van der Waals surface area (Å²) in [5, 5.41) is 17.0. The van der Waals surface area contributed by atoms with Gasteiger partial charge in [0.15, 0.2) is 29.4 Å². The molecule has 0 bridgehead atoms. The zero-order chi connectivity index (χ0) is 32.4. The molecule has 3 heterocycles. The molecule has 5 N–H and O–H groups in total. The maximum atomic E-state index is 15.9. The molecule has 0 radical (unpaired) electrons. The van der Waals surface area contributed by atoms with Crippen LogP contribution in [0.4, 0.5) is 16.2 Å². The average molecular weight is 670 g/mol. The Labute approximate surface area is 264 Å². The number of alkyl halides is 2. The monoisotopic (exact) mass is 669 g/mol. The normalized spacial score (nSPS) is 25.8. The second-order valence-corrected chi connectivity index (χ2v) is 13.4. The van der Waals surface area contributed by atoms with Crippen LogP contribution >= 0.6 is 19.3 Å². The standard InChI is InChI=1S/C28H38ClFN7O7P/c1-16(2)42-26(39)17(3)36-45(40,44-19-11-5-4-6-12-19)41-14-28(13-29)22(38)20(30)25(43-28)37-15-32-21-23(33-18-9-7-8-10-18)34-27(31)35-24(21)37/h4-6,11-12,15-18,20,22,25,38H,7-10,13-14H2,1-3H3,(H,36,40)(H3,31,33,34,35)/t17-,20+,22-,25+,28+,45?/m0/s1. The van der Waals surface area contributed by atoms with E-state index >= 15 is 4.39 Å². The number of carbonyl (C=O) groups excluding carboxylic acids is 1. The van der Waals surface area contributed by atoms with Crippen LogP contribution in [0, 0.1) is 0 Å². The number of esters is 1. The van der Waals surface area contributed by atoms with Crippen molar-refractivity contribution in [2.45, 2.75) is 88.7 Å². The molecule has 0 spiro atoms. The molecule has 3 aromatic rings. The van der Waals surface area contributed by atoms with Gasteiger partial charge in [0.05, 0.1) is 24.9 Å².